The number of aromatic nitrogens is 3. The summed E-state index contributed by atoms with van der Waals surface area (Å²) in [5.41, 5.74) is 3.98. The van der Waals surface area contributed by atoms with Gasteiger partial charge in [-0.2, -0.15) is 0 Å². The molecule has 0 spiro atoms. The number of hydrogen-bond donors (Lipinski definition) is 0. The van der Waals surface area contributed by atoms with Gasteiger partial charge in [0.05, 0.1) is 12.4 Å². The number of hydrogen-bond acceptors (Lipinski definition) is 5. The Labute approximate surface area is 185 Å². The SMILES string of the molecule is O=C(CSc1nnc(Cc2ccccc2)n1-c1ccccc1)c1ccc2c(c1)CCO2. The van der Waals surface area contributed by atoms with Gasteiger partial charge in [-0.25, -0.2) is 0 Å². The summed E-state index contributed by atoms with van der Waals surface area (Å²) in [5, 5.41) is 9.58. The summed E-state index contributed by atoms with van der Waals surface area (Å²) >= 11 is 1.42. The van der Waals surface area contributed by atoms with Crippen LogP contribution >= 0.6 is 11.8 Å². The zero-order chi connectivity index (χ0) is 21.0. The zero-order valence-corrected chi connectivity index (χ0v) is 17.7. The first kappa shape index (κ1) is 19.6. The molecule has 31 heavy (non-hydrogen) atoms. The van der Waals surface area contributed by atoms with E-state index in [1.807, 2.05) is 71.3 Å². The van der Waals surface area contributed by atoms with E-state index in [1.54, 1.807) is 0 Å². The van der Waals surface area contributed by atoms with E-state index in [0.717, 1.165) is 34.4 Å². The van der Waals surface area contributed by atoms with E-state index < -0.39 is 0 Å². The lowest BCUT2D eigenvalue weighted by Crippen LogP contribution is -2.06. The highest BCUT2D eigenvalue weighted by Gasteiger charge is 2.18. The van der Waals surface area contributed by atoms with Gasteiger partial charge in [-0.05, 0) is 41.5 Å². The zero-order valence-electron chi connectivity index (χ0n) is 16.9. The summed E-state index contributed by atoms with van der Waals surface area (Å²) in [7, 11) is 0. The van der Waals surface area contributed by atoms with Gasteiger partial charge in [0.1, 0.15) is 11.6 Å². The molecular weight excluding hydrogens is 406 g/mol. The van der Waals surface area contributed by atoms with Crippen LogP contribution in [-0.2, 0) is 12.8 Å². The second-order valence-electron chi connectivity index (χ2n) is 7.36. The Bertz CT molecular complexity index is 1210. The van der Waals surface area contributed by atoms with E-state index in [9.17, 15) is 4.79 Å². The van der Waals surface area contributed by atoms with Crippen molar-refractivity contribution in [1.82, 2.24) is 14.8 Å². The third kappa shape index (κ3) is 4.25. The first-order valence-corrected chi connectivity index (χ1v) is 11.2. The van der Waals surface area contributed by atoms with Gasteiger partial charge in [0.25, 0.3) is 0 Å². The van der Waals surface area contributed by atoms with Gasteiger partial charge in [0.2, 0.25) is 0 Å². The molecule has 0 fully saturated rings. The van der Waals surface area contributed by atoms with Crippen LogP contribution in [-0.4, -0.2) is 32.9 Å². The minimum Gasteiger partial charge on any atom is -0.493 e. The van der Waals surface area contributed by atoms with Gasteiger partial charge in [0.15, 0.2) is 10.9 Å². The van der Waals surface area contributed by atoms with Crippen LogP contribution in [0.25, 0.3) is 5.69 Å². The molecule has 0 bridgehead atoms. The molecule has 6 heteroatoms. The minimum absolute atomic E-state index is 0.0759. The standard InChI is InChI=1S/C25H21N3O2S/c29-22(19-11-12-23-20(16-19)13-14-30-23)17-31-25-27-26-24(15-18-7-3-1-4-8-18)28(25)21-9-5-2-6-10-21/h1-12,16H,13-15,17H2. The fourth-order valence-electron chi connectivity index (χ4n) is 3.70. The molecule has 0 saturated heterocycles. The largest absolute Gasteiger partial charge is 0.493 e. The molecule has 0 radical (unpaired) electrons. The molecule has 0 saturated carbocycles. The Morgan fingerprint density at radius 2 is 1.74 bits per heavy atom. The number of Topliss-reactive ketones (excluding diaryl/α,β-unsaturated/α-hetero) is 1. The molecular formula is C25H21N3O2S. The van der Waals surface area contributed by atoms with Crippen molar-refractivity contribution in [2.24, 2.45) is 0 Å². The van der Waals surface area contributed by atoms with Crippen molar-refractivity contribution in [2.75, 3.05) is 12.4 Å². The monoisotopic (exact) mass is 427 g/mol. The molecule has 154 valence electrons. The summed E-state index contributed by atoms with van der Waals surface area (Å²) in [6.07, 6.45) is 1.52. The van der Waals surface area contributed by atoms with Crippen molar-refractivity contribution in [1.29, 1.82) is 0 Å². The highest BCUT2D eigenvalue weighted by atomic mass is 32.2. The van der Waals surface area contributed by atoms with E-state index in [-0.39, 0.29) is 5.78 Å². The average molecular weight is 428 g/mol. The van der Waals surface area contributed by atoms with Crippen molar-refractivity contribution in [3.8, 4) is 11.4 Å². The number of fused-ring (bicyclic) bond motifs is 1. The lowest BCUT2D eigenvalue weighted by atomic mass is 10.1. The Morgan fingerprint density at radius 1 is 0.968 bits per heavy atom. The van der Waals surface area contributed by atoms with E-state index in [1.165, 1.54) is 17.3 Å². The summed E-state index contributed by atoms with van der Waals surface area (Å²) in [5.74, 6) is 2.11. The topological polar surface area (TPSA) is 57.0 Å². The molecule has 5 nitrogen and oxygen atoms in total. The number of para-hydroxylation sites is 1. The van der Waals surface area contributed by atoms with Crippen LogP contribution < -0.4 is 4.74 Å². The van der Waals surface area contributed by atoms with Crippen LogP contribution in [0.1, 0.15) is 27.3 Å². The van der Waals surface area contributed by atoms with E-state index in [0.29, 0.717) is 24.3 Å². The first-order valence-electron chi connectivity index (χ1n) is 10.2. The highest BCUT2D eigenvalue weighted by Crippen LogP contribution is 2.28. The minimum atomic E-state index is 0.0759. The molecule has 0 aliphatic carbocycles. The molecule has 1 aliphatic rings. The molecule has 0 N–H and O–H groups in total. The Hall–Kier alpha value is -3.38. The molecule has 2 heterocycles. The number of carbonyl (C=O) groups excluding carboxylic acids is 1. The van der Waals surface area contributed by atoms with Gasteiger partial charge in [-0.15, -0.1) is 10.2 Å². The van der Waals surface area contributed by atoms with Crippen molar-refractivity contribution < 1.29 is 9.53 Å². The molecule has 3 aromatic carbocycles. The lowest BCUT2D eigenvalue weighted by Gasteiger charge is -2.10. The second kappa shape index (κ2) is 8.78. The van der Waals surface area contributed by atoms with Gasteiger partial charge in [0, 0.05) is 24.1 Å². The maximum Gasteiger partial charge on any atom is 0.196 e. The summed E-state index contributed by atoms with van der Waals surface area (Å²) in [4.78, 5) is 12.8. The van der Waals surface area contributed by atoms with Crippen LogP contribution in [0, 0.1) is 0 Å². The second-order valence-corrected chi connectivity index (χ2v) is 8.31. The molecule has 5 rings (SSSR count). The van der Waals surface area contributed by atoms with Gasteiger partial charge >= 0.3 is 0 Å². The van der Waals surface area contributed by atoms with Crippen molar-refractivity contribution in [3.63, 3.8) is 0 Å². The number of ether oxygens (including phenoxy) is 1. The quantitative estimate of drug-likeness (QED) is 0.314. The first-order chi connectivity index (χ1) is 15.3. The average Bonchev–Trinajstić information content (AvgIpc) is 3.45. The number of nitrogens with zero attached hydrogens (tertiary/aromatic N) is 3. The van der Waals surface area contributed by atoms with Gasteiger partial charge < -0.3 is 4.74 Å². The number of thioether (sulfide) groups is 1. The fourth-order valence-corrected chi connectivity index (χ4v) is 4.56. The third-order valence-electron chi connectivity index (χ3n) is 5.26. The summed E-state index contributed by atoms with van der Waals surface area (Å²) in [6.45, 7) is 0.687. The lowest BCUT2D eigenvalue weighted by molar-refractivity contribution is 0.102. The normalized spacial score (nSPS) is 12.4. The van der Waals surface area contributed by atoms with Crippen LogP contribution in [0.3, 0.4) is 0 Å². The highest BCUT2D eigenvalue weighted by molar-refractivity contribution is 7.99. The predicted octanol–water partition coefficient (Wildman–Crippen LogP) is 4.77. The van der Waals surface area contributed by atoms with Crippen molar-refractivity contribution >= 4 is 17.5 Å². The molecule has 0 atom stereocenters. The van der Waals surface area contributed by atoms with Crippen LogP contribution in [0.15, 0.2) is 84.0 Å². The molecule has 1 aliphatic heterocycles. The summed E-state index contributed by atoms with van der Waals surface area (Å²) in [6, 6.07) is 25.9. The number of rotatable bonds is 7. The molecule has 0 amide bonds. The number of benzene rings is 3. The van der Waals surface area contributed by atoms with Crippen LogP contribution in [0.5, 0.6) is 5.75 Å². The van der Waals surface area contributed by atoms with Crippen LogP contribution in [0.4, 0.5) is 0 Å². The molecule has 4 aromatic rings. The number of ketones is 1. The molecule has 0 unspecified atom stereocenters. The van der Waals surface area contributed by atoms with E-state index in [4.69, 9.17) is 4.74 Å². The van der Waals surface area contributed by atoms with Gasteiger partial charge in [-0.3, -0.25) is 9.36 Å². The van der Waals surface area contributed by atoms with E-state index >= 15 is 0 Å². The number of carbonyl (C=O) groups is 1. The smallest absolute Gasteiger partial charge is 0.196 e. The maximum atomic E-state index is 12.8. The fraction of sp³-hybridized carbons (Fsp3) is 0.160. The van der Waals surface area contributed by atoms with Crippen molar-refractivity contribution in [2.45, 2.75) is 18.0 Å². The van der Waals surface area contributed by atoms with Crippen molar-refractivity contribution in [3.05, 3.63) is 101 Å². The Balaban J connectivity index is 1.39. The molecule has 1 aromatic heterocycles. The Morgan fingerprint density at radius 3 is 2.55 bits per heavy atom. The van der Waals surface area contributed by atoms with Gasteiger partial charge in [-0.1, -0.05) is 60.3 Å². The van der Waals surface area contributed by atoms with Crippen LogP contribution in [0.2, 0.25) is 0 Å². The predicted molar refractivity (Wildman–Crippen MR) is 121 cm³/mol. The third-order valence-corrected chi connectivity index (χ3v) is 6.19. The summed E-state index contributed by atoms with van der Waals surface area (Å²) < 4.78 is 7.58. The maximum absolute atomic E-state index is 12.8. The Kier molecular flexibility index (Phi) is 5.54. The van der Waals surface area contributed by atoms with E-state index in [2.05, 4.69) is 22.3 Å².